The maximum absolute atomic E-state index is 13.0. The Labute approximate surface area is 415 Å². The molecule has 10 aromatic rings. The average molecular weight is 1020 g/mol. The Kier molecular flexibility index (Phi) is 14.7. The number of pyridine rings is 2. The molecule has 0 aliphatic heterocycles. The number of nitrogens with zero attached hydrogens (tertiary/aromatic N) is 10. The summed E-state index contributed by atoms with van der Waals surface area (Å²) in [7, 11) is 3.66. The van der Waals surface area contributed by atoms with Crippen molar-refractivity contribution in [2.45, 2.75) is 20.3 Å². The number of carbonyl (C=O) groups excluding carboxylic acids is 2. The van der Waals surface area contributed by atoms with E-state index in [-0.39, 0.29) is 18.1 Å². The zero-order valence-electron chi connectivity index (χ0n) is 37.6. The lowest BCUT2D eigenvalue weighted by Crippen LogP contribution is -2.11. The Morgan fingerprint density at radius 3 is 1.90 bits per heavy atom. The minimum absolute atomic E-state index is 0.00979. The van der Waals surface area contributed by atoms with Crippen molar-refractivity contribution in [3.05, 3.63) is 189 Å². The largest absolute Gasteiger partial charge is 0.383 e. The van der Waals surface area contributed by atoms with Crippen LogP contribution in [0.5, 0.6) is 0 Å². The van der Waals surface area contributed by atoms with Crippen molar-refractivity contribution in [1.29, 1.82) is 0 Å². The molecule has 15 nitrogen and oxygen atoms in total. The normalized spacial score (nSPS) is 10.8. The number of amides is 1. The van der Waals surface area contributed by atoms with Gasteiger partial charge in [-0.25, -0.2) is 19.9 Å². The standard InChI is InChI=1S/C26H21ClN6O.C14H11BrClNO.C11H10N6/c1-16-8-9-18(23(34)12-17-5-3-7-20(27)11-17)13-22(16)30-25-21-15-29-33(2)26(21)32-24(31-25)19-6-4-10-28-14-19;1-9-5-6-10(7-13(9)15)14(18)17-12-4-2-3-11(16)8-12;1-17-11-8(6-14-17)9(12)15-10(16-11)7-3-2-4-13-5-7/h3-11,13-15H,12H2,1-2H3,(H,30,31,32);2-8H,1H3,(H,17,18);2-6H,1H3,(H2,12,15,16). The Hall–Kier alpha value is -7.92. The molecule has 344 valence electrons. The predicted octanol–water partition coefficient (Wildman–Crippen LogP) is 11.2. The third kappa shape index (κ3) is 11.6. The number of hydrogen-bond acceptors (Lipinski definition) is 12. The van der Waals surface area contributed by atoms with Gasteiger partial charge in [-0.3, -0.25) is 28.9 Å². The van der Waals surface area contributed by atoms with Crippen molar-refractivity contribution in [2.75, 3.05) is 16.4 Å². The van der Waals surface area contributed by atoms with E-state index in [0.717, 1.165) is 54.4 Å². The number of aryl methyl sites for hydroxylation is 4. The fourth-order valence-electron chi connectivity index (χ4n) is 6.91. The fraction of sp³-hybridized carbons (Fsp3) is 0.0980. The van der Waals surface area contributed by atoms with Crippen molar-refractivity contribution in [3.63, 3.8) is 0 Å². The molecule has 1 amide bonds. The highest BCUT2D eigenvalue weighted by molar-refractivity contribution is 9.10. The molecule has 0 aliphatic carbocycles. The second-order valence-corrected chi connectivity index (χ2v) is 17.4. The summed E-state index contributed by atoms with van der Waals surface area (Å²) in [5.41, 5.74) is 14.6. The maximum Gasteiger partial charge on any atom is 0.255 e. The number of Topliss-reactive ketones (excluding diaryl/α,β-unsaturated/α-hetero) is 1. The molecule has 4 N–H and O–H groups in total. The lowest BCUT2D eigenvalue weighted by atomic mass is 10.0. The highest BCUT2D eigenvalue weighted by Crippen LogP contribution is 2.30. The predicted molar refractivity (Wildman–Crippen MR) is 276 cm³/mol. The van der Waals surface area contributed by atoms with Crippen molar-refractivity contribution >= 4 is 95.9 Å². The van der Waals surface area contributed by atoms with Gasteiger partial charge < -0.3 is 16.4 Å². The number of fused-ring (bicyclic) bond motifs is 2. The molecule has 10 rings (SSSR count). The summed E-state index contributed by atoms with van der Waals surface area (Å²) in [6, 6.07) is 33.0. The number of anilines is 4. The summed E-state index contributed by atoms with van der Waals surface area (Å²) in [5, 5.41) is 17.4. The summed E-state index contributed by atoms with van der Waals surface area (Å²) < 4.78 is 4.30. The Morgan fingerprint density at radius 1 is 0.652 bits per heavy atom. The molecule has 18 heteroatoms. The van der Waals surface area contributed by atoms with Crippen LogP contribution in [0.15, 0.2) is 151 Å². The van der Waals surface area contributed by atoms with Crippen molar-refractivity contribution in [3.8, 4) is 22.8 Å². The van der Waals surface area contributed by atoms with Crippen LogP contribution in [0.1, 0.15) is 37.4 Å². The minimum atomic E-state index is -0.155. The van der Waals surface area contributed by atoms with Crippen LogP contribution >= 0.6 is 39.1 Å². The van der Waals surface area contributed by atoms with Crippen LogP contribution in [0, 0.1) is 13.8 Å². The number of nitrogens with one attached hydrogen (secondary N) is 2. The molecule has 4 aromatic carbocycles. The second kappa shape index (κ2) is 21.4. The van der Waals surface area contributed by atoms with Gasteiger partial charge in [0.1, 0.15) is 11.6 Å². The van der Waals surface area contributed by atoms with Crippen LogP contribution in [0.3, 0.4) is 0 Å². The highest BCUT2D eigenvalue weighted by Gasteiger charge is 2.17. The van der Waals surface area contributed by atoms with Gasteiger partial charge in [-0.05, 0) is 103 Å². The number of ketones is 1. The molecule has 0 radical (unpaired) electrons. The first kappa shape index (κ1) is 47.6. The van der Waals surface area contributed by atoms with E-state index in [0.29, 0.717) is 55.8 Å². The smallest absolute Gasteiger partial charge is 0.255 e. The number of halogens is 3. The molecule has 0 fully saturated rings. The van der Waals surface area contributed by atoms with Gasteiger partial charge in [0.2, 0.25) is 0 Å². The molecule has 0 bridgehead atoms. The van der Waals surface area contributed by atoms with E-state index in [9.17, 15) is 9.59 Å². The number of carbonyl (C=O) groups is 2. The average Bonchev–Trinajstić information content (AvgIpc) is 3.93. The van der Waals surface area contributed by atoms with Crippen LogP contribution < -0.4 is 16.4 Å². The van der Waals surface area contributed by atoms with Gasteiger partial charge in [0, 0.05) is 93.5 Å². The zero-order valence-corrected chi connectivity index (χ0v) is 40.7. The SMILES string of the molecule is Cc1ccc(C(=O)Cc2cccc(Cl)c2)cc1Nc1nc(-c2cccnc2)nc2c1cnn2C.Cc1ccc(C(=O)Nc2cccc(Cl)c2)cc1Br.Cn1ncc2c(N)nc(-c3cccnc3)nc21. The molecule has 0 aliphatic rings. The van der Waals surface area contributed by atoms with E-state index in [1.165, 1.54) is 0 Å². The number of hydrogen-bond donors (Lipinski definition) is 3. The quantitative estimate of drug-likeness (QED) is 0.116. The van der Waals surface area contributed by atoms with E-state index >= 15 is 0 Å². The molecule has 0 spiro atoms. The van der Waals surface area contributed by atoms with Crippen LogP contribution in [0.25, 0.3) is 44.8 Å². The summed E-state index contributed by atoms with van der Waals surface area (Å²) in [6.07, 6.45) is 10.5. The summed E-state index contributed by atoms with van der Waals surface area (Å²) >= 11 is 15.3. The van der Waals surface area contributed by atoms with Gasteiger partial charge in [0.15, 0.2) is 28.7 Å². The molecular weight excluding hydrogens is 977 g/mol. The molecule has 69 heavy (non-hydrogen) atoms. The highest BCUT2D eigenvalue weighted by atomic mass is 79.9. The van der Waals surface area contributed by atoms with Crippen LogP contribution in [-0.2, 0) is 20.5 Å². The number of benzene rings is 4. The van der Waals surface area contributed by atoms with Gasteiger partial charge in [-0.2, -0.15) is 10.2 Å². The number of nitrogen functional groups attached to an aromatic ring is 1. The molecule has 6 heterocycles. The van der Waals surface area contributed by atoms with E-state index in [1.54, 1.807) is 89.0 Å². The second-order valence-electron chi connectivity index (χ2n) is 15.6. The van der Waals surface area contributed by atoms with Gasteiger partial charge in [-0.1, -0.05) is 75.5 Å². The monoisotopic (exact) mass is 1020 g/mol. The Bertz CT molecular complexity index is 3480. The van der Waals surface area contributed by atoms with Gasteiger partial charge in [-0.15, -0.1) is 0 Å². The van der Waals surface area contributed by atoms with Crippen LogP contribution in [0.2, 0.25) is 10.0 Å². The first-order chi connectivity index (χ1) is 33.3. The first-order valence-corrected chi connectivity index (χ1v) is 22.8. The van der Waals surface area contributed by atoms with Crippen LogP contribution in [-0.4, -0.2) is 61.2 Å². The lowest BCUT2D eigenvalue weighted by Gasteiger charge is -2.13. The van der Waals surface area contributed by atoms with Crippen molar-refractivity contribution in [2.24, 2.45) is 14.1 Å². The van der Waals surface area contributed by atoms with Crippen molar-refractivity contribution < 1.29 is 9.59 Å². The van der Waals surface area contributed by atoms with E-state index in [2.05, 4.69) is 61.7 Å². The third-order valence-corrected chi connectivity index (χ3v) is 12.0. The van der Waals surface area contributed by atoms with Crippen LogP contribution in [0.4, 0.5) is 23.0 Å². The molecular formula is C51H42BrCl2N13O2. The molecule has 0 unspecified atom stereocenters. The Morgan fingerprint density at radius 2 is 1.26 bits per heavy atom. The van der Waals surface area contributed by atoms with Gasteiger partial charge in [0.05, 0.1) is 23.2 Å². The lowest BCUT2D eigenvalue weighted by molar-refractivity contribution is 0.0991. The van der Waals surface area contributed by atoms with Gasteiger partial charge in [0.25, 0.3) is 5.91 Å². The summed E-state index contributed by atoms with van der Waals surface area (Å²) in [6.45, 7) is 3.96. The van der Waals surface area contributed by atoms with Crippen molar-refractivity contribution in [1.82, 2.24) is 49.5 Å². The maximum atomic E-state index is 13.0. The number of aromatic nitrogens is 10. The van der Waals surface area contributed by atoms with E-state index in [1.807, 2.05) is 94.7 Å². The van der Waals surface area contributed by atoms with Gasteiger partial charge >= 0.3 is 0 Å². The molecule has 0 atom stereocenters. The topological polar surface area (TPSA) is 197 Å². The third-order valence-electron chi connectivity index (χ3n) is 10.6. The Balaban J connectivity index is 0.000000154. The number of nitrogens with two attached hydrogens (primary N) is 1. The minimum Gasteiger partial charge on any atom is -0.383 e. The summed E-state index contributed by atoms with van der Waals surface area (Å²) in [4.78, 5) is 51.3. The molecule has 0 saturated heterocycles. The summed E-state index contributed by atoms with van der Waals surface area (Å²) in [5.74, 6) is 2.00. The van der Waals surface area contributed by atoms with E-state index in [4.69, 9.17) is 33.9 Å². The van der Waals surface area contributed by atoms with E-state index < -0.39 is 0 Å². The molecule has 6 aromatic heterocycles. The first-order valence-electron chi connectivity index (χ1n) is 21.2. The fourth-order valence-corrected chi connectivity index (χ4v) is 7.69. The zero-order chi connectivity index (χ0) is 48.6. The molecule has 0 saturated carbocycles. The number of rotatable bonds is 9.